The molecule has 0 aliphatic carbocycles. The van der Waals surface area contributed by atoms with Gasteiger partial charge in [0, 0.05) is 16.2 Å². The van der Waals surface area contributed by atoms with Crippen molar-refractivity contribution in [3.8, 4) is 0 Å². The molecular weight excluding hydrogens is 555 g/mol. The van der Waals surface area contributed by atoms with Gasteiger partial charge in [0.25, 0.3) is 5.91 Å². The van der Waals surface area contributed by atoms with Crippen molar-refractivity contribution in [1.29, 1.82) is 0 Å². The number of carbonyl (C=O) groups is 3. The van der Waals surface area contributed by atoms with E-state index < -0.39 is 11.9 Å². The maximum atomic E-state index is 13.1. The lowest BCUT2D eigenvalue weighted by atomic mass is 10.0. The van der Waals surface area contributed by atoms with Crippen LogP contribution >= 0.6 is 23.4 Å². The Morgan fingerprint density at radius 3 is 2.20 bits per heavy atom. The minimum Gasteiger partial charge on any atom is -0.481 e. The molecule has 212 valence electrons. The maximum Gasteiger partial charge on any atom is 0.303 e. The van der Waals surface area contributed by atoms with Crippen molar-refractivity contribution in [3.05, 3.63) is 99.3 Å². The van der Waals surface area contributed by atoms with E-state index in [2.05, 4.69) is 16.7 Å². The molecule has 0 saturated carbocycles. The van der Waals surface area contributed by atoms with Crippen LogP contribution in [0.5, 0.6) is 0 Å². The number of thioether (sulfide) groups is 1. The van der Waals surface area contributed by atoms with Crippen LogP contribution in [0.4, 0.5) is 4.39 Å². The minimum atomic E-state index is -1.08. The predicted octanol–water partition coefficient (Wildman–Crippen LogP) is 5.89. The number of benzene rings is 3. The fraction of sp³-hybridized carbons (Fsp3) is 0.300. The van der Waals surface area contributed by atoms with E-state index >= 15 is 0 Å². The molecule has 1 atom stereocenters. The molecule has 0 aromatic heterocycles. The fourth-order valence-corrected chi connectivity index (χ4v) is 5.56. The summed E-state index contributed by atoms with van der Waals surface area (Å²) >= 11 is 8.30. The Morgan fingerprint density at radius 2 is 1.57 bits per heavy atom. The van der Waals surface area contributed by atoms with Gasteiger partial charge >= 0.3 is 11.9 Å². The number of carbonyl (C=O) groups excluding carboxylic acids is 1. The molecule has 1 aliphatic rings. The molecule has 0 unspecified atom stereocenters. The number of carboxylic acid groups (broad SMARTS) is 2. The van der Waals surface area contributed by atoms with Gasteiger partial charge in [0.2, 0.25) is 0 Å². The Hall–Kier alpha value is -3.40. The molecule has 0 spiro atoms. The van der Waals surface area contributed by atoms with E-state index in [9.17, 15) is 18.8 Å². The van der Waals surface area contributed by atoms with Crippen LogP contribution in [0.3, 0.4) is 0 Å². The average Bonchev–Trinajstić information content (AvgIpc) is 3.18. The largest absolute Gasteiger partial charge is 0.481 e. The van der Waals surface area contributed by atoms with E-state index in [1.807, 2.05) is 37.3 Å². The molecule has 0 fully saturated rings. The summed E-state index contributed by atoms with van der Waals surface area (Å²) in [6.45, 7) is 3.86. The number of hydrogen-bond donors (Lipinski definition) is 4. The molecule has 0 saturated heterocycles. The van der Waals surface area contributed by atoms with Crippen LogP contribution in [0.2, 0.25) is 5.02 Å². The molecule has 7 nitrogen and oxygen atoms in total. The molecule has 1 heterocycles. The zero-order valence-electron chi connectivity index (χ0n) is 22.1. The lowest BCUT2D eigenvalue weighted by Crippen LogP contribution is -2.26. The molecular formula is C30H32ClFN2O5S. The lowest BCUT2D eigenvalue weighted by molar-refractivity contribution is -0.143. The Balaban J connectivity index is 0.000000482. The SMILES string of the molecule is C[C@H](NC(=O)c1ccc(CSc2c(Cl)ccc3c2CCNCC3)cc1)c1ccc(F)cc1.O=C(O)CCC(=O)O. The van der Waals surface area contributed by atoms with Crippen molar-refractivity contribution in [2.45, 2.75) is 49.3 Å². The van der Waals surface area contributed by atoms with E-state index in [1.165, 1.54) is 28.2 Å². The van der Waals surface area contributed by atoms with Crippen molar-refractivity contribution < 1.29 is 29.0 Å². The lowest BCUT2D eigenvalue weighted by Gasteiger charge is -2.15. The first-order valence-electron chi connectivity index (χ1n) is 12.9. The van der Waals surface area contributed by atoms with Crippen LogP contribution in [0.25, 0.3) is 0 Å². The van der Waals surface area contributed by atoms with E-state index in [4.69, 9.17) is 21.8 Å². The van der Waals surface area contributed by atoms with Crippen LogP contribution < -0.4 is 10.6 Å². The monoisotopic (exact) mass is 586 g/mol. The minimum absolute atomic E-state index is 0.148. The highest BCUT2D eigenvalue weighted by Crippen LogP contribution is 2.36. The summed E-state index contributed by atoms with van der Waals surface area (Å²) < 4.78 is 13.1. The van der Waals surface area contributed by atoms with Crippen LogP contribution in [-0.4, -0.2) is 41.1 Å². The molecule has 3 aromatic rings. The summed E-state index contributed by atoms with van der Waals surface area (Å²) in [6, 6.07) is 17.8. The Kier molecular flexibility index (Phi) is 12.0. The smallest absolute Gasteiger partial charge is 0.303 e. The molecule has 3 aromatic carbocycles. The first-order chi connectivity index (χ1) is 19.1. The van der Waals surface area contributed by atoms with Crippen LogP contribution in [0.1, 0.15) is 58.4 Å². The van der Waals surface area contributed by atoms with Gasteiger partial charge in [-0.1, -0.05) is 41.9 Å². The molecule has 0 radical (unpaired) electrons. The van der Waals surface area contributed by atoms with Crippen molar-refractivity contribution in [1.82, 2.24) is 10.6 Å². The molecule has 4 rings (SSSR count). The van der Waals surface area contributed by atoms with Gasteiger partial charge in [-0.25, -0.2) is 4.39 Å². The predicted molar refractivity (Wildman–Crippen MR) is 155 cm³/mol. The van der Waals surface area contributed by atoms with Crippen molar-refractivity contribution in [2.75, 3.05) is 13.1 Å². The van der Waals surface area contributed by atoms with Crippen molar-refractivity contribution in [3.63, 3.8) is 0 Å². The second-order valence-corrected chi connectivity index (χ2v) is 10.7. The molecule has 40 heavy (non-hydrogen) atoms. The molecule has 1 amide bonds. The maximum absolute atomic E-state index is 13.1. The average molecular weight is 587 g/mol. The topological polar surface area (TPSA) is 116 Å². The number of nitrogens with one attached hydrogen (secondary N) is 2. The zero-order valence-corrected chi connectivity index (χ0v) is 23.7. The third-order valence-electron chi connectivity index (χ3n) is 6.30. The quantitative estimate of drug-likeness (QED) is 0.231. The number of carboxylic acids is 2. The summed E-state index contributed by atoms with van der Waals surface area (Å²) in [7, 11) is 0. The number of aliphatic carboxylic acids is 2. The highest BCUT2D eigenvalue weighted by molar-refractivity contribution is 7.98. The van der Waals surface area contributed by atoms with E-state index in [0.29, 0.717) is 5.56 Å². The van der Waals surface area contributed by atoms with Crippen LogP contribution in [0.15, 0.2) is 65.6 Å². The van der Waals surface area contributed by atoms with E-state index in [0.717, 1.165) is 47.8 Å². The highest BCUT2D eigenvalue weighted by Gasteiger charge is 2.16. The van der Waals surface area contributed by atoms with Gasteiger partial charge in [0.15, 0.2) is 0 Å². The first-order valence-corrected chi connectivity index (χ1v) is 14.2. The number of halogens is 2. The normalized spacial score (nSPS) is 13.2. The second-order valence-electron chi connectivity index (χ2n) is 9.28. The van der Waals surface area contributed by atoms with E-state index in [1.54, 1.807) is 23.9 Å². The molecule has 1 aliphatic heterocycles. The third-order valence-corrected chi connectivity index (χ3v) is 7.96. The standard InChI is InChI=1S/C26H26ClFN2OS.C4H6O4/c1-17(19-6-9-22(28)10-7-19)30-26(31)21-4-2-18(3-5-21)16-32-25-23-13-15-29-14-12-20(23)8-11-24(25)27;5-3(6)1-2-4(7)8/h2-11,17,29H,12-16H2,1H3,(H,30,31);1-2H2,(H,5,6)(H,7,8)/t17-;/m0./s1. The fourth-order valence-electron chi connectivity index (χ4n) is 4.10. The summed E-state index contributed by atoms with van der Waals surface area (Å²) in [5.74, 6) is -1.80. The van der Waals surface area contributed by atoms with E-state index in [-0.39, 0.29) is 30.6 Å². The summed E-state index contributed by atoms with van der Waals surface area (Å²) in [5.41, 5.74) is 5.34. The van der Waals surface area contributed by atoms with Gasteiger partial charge in [0.1, 0.15) is 5.82 Å². The van der Waals surface area contributed by atoms with Gasteiger partial charge in [-0.15, -0.1) is 11.8 Å². The van der Waals surface area contributed by atoms with Gasteiger partial charge in [-0.05, 0) is 85.4 Å². The molecule has 4 N–H and O–H groups in total. The Bertz CT molecular complexity index is 1300. The number of amides is 1. The zero-order chi connectivity index (χ0) is 29.1. The molecule has 0 bridgehead atoms. The van der Waals surface area contributed by atoms with Gasteiger partial charge in [-0.3, -0.25) is 14.4 Å². The Labute approximate surface area is 242 Å². The van der Waals surface area contributed by atoms with Crippen molar-refractivity contribution in [2.24, 2.45) is 0 Å². The molecule has 10 heteroatoms. The summed E-state index contributed by atoms with van der Waals surface area (Å²) in [6.07, 6.45) is 1.43. The van der Waals surface area contributed by atoms with Crippen molar-refractivity contribution >= 4 is 41.2 Å². The number of fused-ring (bicyclic) bond motifs is 1. The number of hydrogen-bond acceptors (Lipinski definition) is 5. The summed E-state index contributed by atoms with van der Waals surface area (Å²) in [4.78, 5) is 33.1. The van der Waals surface area contributed by atoms with Crippen LogP contribution in [0, 0.1) is 5.82 Å². The first kappa shape index (κ1) is 31.1. The van der Waals surface area contributed by atoms with Gasteiger partial charge < -0.3 is 20.8 Å². The van der Waals surface area contributed by atoms with Crippen LogP contribution in [-0.2, 0) is 28.2 Å². The number of rotatable bonds is 9. The van der Waals surface area contributed by atoms with Gasteiger partial charge in [-0.2, -0.15) is 0 Å². The Morgan fingerprint density at radius 1 is 0.950 bits per heavy atom. The summed E-state index contributed by atoms with van der Waals surface area (Å²) in [5, 5.41) is 23.0. The second kappa shape index (κ2) is 15.4. The highest BCUT2D eigenvalue weighted by atomic mass is 35.5. The van der Waals surface area contributed by atoms with Gasteiger partial charge in [0.05, 0.1) is 23.9 Å². The third kappa shape index (κ3) is 9.66.